The largest absolute Gasteiger partial charge is 0.447 e. The van der Waals surface area contributed by atoms with E-state index in [-0.39, 0.29) is 11.6 Å². The van der Waals surface area contributed by atoms with E-state index < -0.39 is 30.0 Å². The van der Waals surface area contributed by atoms with Gasteiger partial charge in [-0.05, 0) is 17.7 Å². The van der Waals surface area contributed by atoms with Gasteiger partial charge in [-0.2, -0.15) is 13.9 Å². The number of amides is 1. The first-order chi connectivity index (χ1) is 16.8. The van der Waals surface area contributed by atoms with Gasteiger partial charge in [0, 0.05) is 46.1 Å². The molecule has 6 rings (SSSR count). The first-order valence-corrected chi connectivity index (χ1v) is 11.8. The molecule has 180 valence electrons. The Morgan fingerprint density at radius 2 is 2.20 bits per heavy atom. The number of halogens is 4. The van der Waals surface area contributed by atoms with Crippen molar-refractivity contribution in [2.75, 3.05) is 13.2 Å². The van der Waals surface area contributed by atoms with Crippen LogP contribution >= 0.6 is 22.9 Å². The van der Waals surface area contributed by atoms with E-state index in [4.69, 9.17) is 21.3 Å². The molecule has 0 bridgehead atoms. The Kier molecular flexibility index (Phi) is 5.11. The summed E-state index contributed by atoms with van der Waals surface area (Å²) in [6.07, 6.45) is 4.07. The van der Waals surface area contributed by atoms with E-state index in [0.29, 0.717) is 45.2 Å². The van der Waals surface area contributed by atoms with Crippen molar-refractivity contribution in [3.63, 3.8) is 0 Å². The zero-order valence-electron chi connectivity index (χ0n) is 17.8. The normalized spacial score (nSPS) is 23.7. The number of amidine groups is 1. The molecule has 8 nitrogen and oxygen atoms in total. The van der Waals surface area contributed by atoms with Gasteiger partial charge < -0.3 is 15.0 Å². The minimum Gasteiger partial charge on any atom is -0.447 e. The molecule has 0 aliphatic carbocycles. The lowest BCUT2D eigenvalue weighted by molar-refractivity contribution is 0.0566. The Hall–Kier alpha value is -3.38. The summed E-state index contributed by atoms with van der Waals surface area (Å²) in [6, 6.07) is 3.24. The van der Waals surface area contributed by atoms with Crippen molar-refractivity contribution >= 4 is 40.4 Å². The van der Waals surface area contributed by atoms with Crippen LogP contribution < -0.4 is 5.32 Å². The smallest absolute Gasteiger partial charge is 0.407 e. The van der Waals surface area contributed by atoms with Crippen LogP contribution in [-0.4, -0.2) is 50.3 Å². The maximum absolute atomic E-state index is 13.9. The number of alkyl halides is 2. The van der Waals surface area contributed by atoms with E-state index in [1.807, 2.05) is 10.3 Å². The monoisotopic (exact) mass is 520 g/mol. The number of nitrogens with one attached hydrogen (secondary N) is 1. The molecule has 1 N–H and O–H groups in total. The van der Waals surface area contributed by atoms with Crippen LogP contribution in [0, 0.1) is 5.82 Å². The summed E-state index contributed by atoms with van der Waals surface area (Å²) in [4.78, 5) is 23.3. The number of ether oxygens (including phenoxy) is 1. The van der Waals surface area contributed by atoms with Crippen molar-refractivity contribution in [2.45, 2.75) is 24.6 Å². The molecular formula is C22H16ClF3N6O2S. The van der Waals surface area contributed by atoms with Gasteiger partial charge >= 0.3 is 12.6 Å². The van der Waals surface area contributed by atoms with Crippen LogP contribution in [0.1, 0.15) is 35.1 Å². The number of aromatic nitrogens is 3. The Bertz CT molecular complexity index is 1390. The topological polar surface area (TPSA) is 84.6 Å². The Balaban J connectivity index is 1.58. The highest BCUT2D eigenvalue weighted by atomic mass is 35.5. The summed E-state index contributed by atoms with van der Waals surface area (Å²) in [5.41, 5.74) is 1.52. The molecule has 2 aromatic heterocycles. The molecule has 2 fully saturated rings. The van der Waals surface area contributed by atoms with Gasteiger partial charge in [0.15, 0.2) is 10.8 Å². The van der Waals surface area contributed by atoms with E-state index in [1.165, 1.54) is 41.9 Å². The van der Waals surface area contributed by atoms with Crippen molar-refractivity contribution in [3.05, 3.63) is 74.8 Å². The van der Waals surface area contributed by atoms with Crippen molar-refractivity contribution < 1.29 is 22.7 Å². The molecule has 13 heteroatoms. The Morgan fingerprint density at radius 3 is 2.86 bits per heavy atom. The number of carbonyl (C=O) groups is 1. The quantitative estimate of drug-likeness (QED) is 0.542. The summed E-state index contributed by atoms with van der Waals surface area (Å²) in [6.45, 7) is -2.33. The van der Waals surface area contributed by atoms with Crippen LogP contribution in [0.4, 0.5) is 18.0 Å². The van der Waals surface area contributed by atoms with Crippen LogP contribution in [0.25, 0.3) is 5.57 Å². The van der Waals surface area contributed by atoms with Crippen molar-refractivity contribution in [3.8, 4) is 0 Å². The number of carbonyl (C=O) groups excluding carboxylic acids is 1. The van der Waals surface area contributed by atoms with Crippen LogP contribution in [0.3, 0.4) is 0 Å². The predicted molar refractivity (Wildman–Crippen MR) is 122 cm³/mol. The fourth-order valence-electron chi connectivity index (χ4n) is 4.76. The molecule has 3 aliphatic rings. The van der Waals surface area contributed by atoms with Crippen LogP contribution in [-0.2, 0) is 4.74 Å². The maximum Gasteiger partial charge on any atom is 0.407 e. The summed E-state index contributed by atoms with van der Waals surface area (Å²) < 4.78 is 46.4. The molecule has 3 aliphatic heterocycles. The third-order valence-corrected chi connectivity index (χ3v) is 7.32. The van der Waals surface area contributed by atoms with Crippen LogP contribution in [0.2, 0.25) is 5.02 Å². The number of aliphatic imine (C=N–C) groups is 1. The third-order valence-electron chi connectivity index (χ3n) is 6.22. The number of hydrogen-bond acceptors (Lipinski definition) is 7. The molecule has 0 unspecified atom stereocenters. The molecule has 3 aromatic rings. The minimum absolute atomic E-state index is 0.141. The predicted octanol–water partition coefficient (Wildman–Crippen LogP) is 4.62. The van der Waals surface area contributed by atoms with Crippen molar-refractivity contribution in [1.29, 1.82) is 0 Å². The first kappa shape index (κ1) is 22.1. The lowest BCUT2D eigenvalue weighted by Crippen LogP contribution is -2.46. The van der Waals surface area contributed by atoms with Gasteiger partial charge in [-0.25, -0.2) is 18.9 Å². The molecule has 0 radical (unpaired) electrons. The van der Waals surface area contributed by atoms with E-state index in [1.54, 1.807) is 6.20 Å². The van der Waals surface area contributed by atoms with Gasteiger partial charge in [-0.3, -0.25) is 4.99 Å². The van der Waals surface area contributed by atoms with Crippen LogP contribution in [0.15, 0.2) is 52.9 Å². The molecule has 1 spiro atoms. The number of fused-ring (bicyclic) bond motifs is 1. The standard InChI is InChI=1S/C22H16ClF3N6O2S/c23-14-5-12(24)1-2-13(14)17-16(11-7-28-32(8-11)20(25)26)15-6-22(10-34-21(33)30-22)9-31(15)18(29-17)19-27-3-4-35-19/h1-5,7-8,17,20H,6,9-10H2,(H,30,33)/t17-,22+/m0/s1. The molecule has 5 heterocycles. The fourth-order valence-corrected chi connectivity index (χ4v) is 5.67. The average Bonchev–Trinajstić information content (AvgIpc) is 3.60. The second-order valence-corrected chi connectivity index (χ2v) is 9.75. The van der Waals surface area contributed by atoms with Crippen LogP contribution in [0.5, 0.6) is 0 Å². The summed E-state index contributed by atoms with van der Waals surface area (Å²) >= 11 is 7.84. The van der Waals surface area contributed by atoms with Gasteiger partial charge in [-0.15, -0.1) is 11.3 Å². The van der Waals surface area contributed by atoms with Gasteiger partial charge in [0.1, 0.15) is 24.0 Å². The van der Waals surface area contributed by atoms with E-state index >= 15 is 0 Å². The number of rotatable bonds is 4. The highest BCUT2D eigenvalue weighted by molar-refractivity contribution is 7.11. The number of nitrogens with zero attached hydrogens (tertiary/aromatic N) is 5. The lowest BCUT2D eigenvalue weighted by atomic mass is 9.89. The molecule has 2 atom stereocenters. The van der Waals surface area contributed by atoms with E-state index in [0.717, 1.165) is 5.70 Å². The number of thiazole rings is 1. The summed E-state index contributed by atoms with van der Waals surface area (Å²) in [5, 5.41) is 9.30. The van der Waals surface area contributed by atoms with E-state index in [2.05, 4.69) is 15.4 Å². The van der Waals surface area contributed by atoms with Gasteiger partial charge in [0.2, 0.25) is 0 Å². The third kappa shape index (κ3) is 3.67. The average molecular weight is 521 g/mol. The summed E-state index contributed by atoms with van der Waals surface area (Å²) in [7, 11) is 0. The van der Waals surface area contributed by atoms with Gasteiger partial charge in [0.05, 0.1) is 12.7 Å². The SMILES string of the molecule is O=C1N[C@]2(CO1)CC1=C(c3cnn(C(F)F)c3)[C@H](c3ccc(F)cc3Cl)N=C(c3nccs3)N1C2. The maximum atomic E-state index is 13.9. The van der Waals surface area contributed by atoms with Gasteiger partial charge in [-0.1, -0.05) is 17.7 Å². The molecule has 35 heavy (non-hydrogen) atoms. The Labute approximate surface area is 205 Å². The second kappa shape index (κ2) is 8.09. The zero-order chi connectivity index (χ0) is 24.3. The number of benzene rings is 1. The van der Waals surface area contributed by atoms with Crippen molar-refractivity contribution in [1.82, 2.24) is 25.0 Å². The lowest BCUT2D eigenvalue weighted by Gasteiger charge is -2.32. The molecule has 2 saturated heterocycles. The molecule has 0 saturated carbocycles. The molecular weight excluding hydrogens is 505 g/mol. The molecule has 1 aromatic carbocycles. The van der Waals surface area contributed by atoms with Gasteiger partial charge in [0.25, 0.3) is 0 Å². The minimum atomic E-state index is -2.83. The van der Waals surface area contributed by atoms with E-state index in [9.17, 15) is 18.0 Å². The fraction of sp³-hybridized carbons (Fsp3) is 0.273. The summed E-state index contributed by atoms with van der Waals surface area (Å²) in [5.74, 6) is 0.0362. The molecule has 1 amide bonds. The second-order valence-electron chi connectivity index (χ2n) is 8.45. The first-order valence-electron chi connectivity index (χ1n) is 10.5. The highest BCUT2D eigenvalue weighted by Crippen LogP contribution is 2.48. The number of cyclic esters (lactones) is 1. The highest BCUT2D eigenvalue weighted by Gasteiger charge is 2.51. The van der Waals surface area contributed by atoms with Crippen molar-refractivity contribution in [2.24, 2.45) is 4.99 Å². The number of hydrogen-bond donors (Lipinski definition) is 1. The zero-order valence-corrected chi connectivity index (χ0v) is 19.4. The Morgan fingerprint density at radius 1 is 1.34 bits per heavy atom. The number of alkyl carbamates (subject to hydrolysis) is 1.